The van der Waals surface area contributed by atoms with Crippen molar-refractivity contribution in [3.8, 4) is 0 Å². The zero-order chi connectivity index (χ0) is 15.9. The lowest BCUT2D eigenvalue weighted by Crippen LogP contribution is -2.44. The number of fused-ring (bicyclic) bond motifs is 1. The first-order chi connectivity index (χ1) is 10.5. The molecule has 0 bridgehead atoms. The number of hydrogen-bond acceptors (Lipinski definition) is 5. The van der Waals surface area contributed by atoms with Crippen molar-refractivity contribution < 1.29 is 18.7 Å². The third-order valence-electron chi connectivity index (χ3n) is 3.83. The van der Waals surface area contributed by atoms with Crippen LogP contribution in [0.2, 0.25) is 0 Å². The zero-order valence-corrected chi connectivity index (χ0v) is 13.2. The van der Waals surface area contributed by atoms with Gasteiger partial charge >= 0.3 is 5.97 Å². The van der Waals surface area contributed by atoms with Crippen molar-refractivity contribution in [2.45, 2.75) is 0 Å². The van der Waals surface area contributed by atoms with Gasteiger partial charge in [-0.2, -0.15) is 0 Å². The number of halogens is 2. The number of piperazine rings is 1. The second kappa shape index (κ2) is 6.55. The molecule has 3 rings (SSSR count). The first-order valence-electron chi connectivity index (χ1n) is 6.90. The van der Waals surface area contributed by atoms with Crippen molar-refractivity contribution in [1.29, 1.82) is 0 Å². The topological polar surface area (TPSA) is 74.0 Å². The smallest absolute Gasteiger partial charge is 0.371 e. The normalized spacial score (nSPS) is 15.5. The van der Waals surface area contributed by atoms with E-state index in [1.165, 1.54) is 6.07 Å². The van der Waals surface area contributed by atoms with E-state index in [9.17, 15) is 14.0 Å². The van der Waals surface area contributed by atoms with Crippen LogP contribution in [0.25, 0.3) is 11.0 Å². The van der Waals surface area contributed by atoms with Gasteiger partial charge in [0.1, 0.15) is 5.82 Å². The van der Waals surface area contributed by atoms with Crippen molar-refractivity contribution in [1.82, 2.24) is 4.90 Å². The third-order valence-corrected chi connectivity index (χ3v) is 3.83. The van der Waals surface area contributed by atoms with Gasteiger partial charge in [-0.05, 0) is 13.1 Å². The fourth-order valence-corrected chi connectivity index (χ4v) is 2.59. The molecule has 23 heavy (non-hydrogen) atoms. The number of aromatic carboxylic acids is 1. The maximum Gasteiger partial charge on any atom is 0.371 e. The summed E-state index contributed by atoms with van der Waals surface area (Å²) in [4.78, 5) is 27.1. The van der Waals surface area contributed by atoms with Crippen LogP contribution in [0.15, 0.2) is 27.4 Å². The van der Waals surface area contributed by atoms with E-state index in [1.54, 1.807) is 0 Å². The quantitative estimate of drug-likeness (QED) is 0.897. The van der Waals surface area contributed by atoms with Crippen LogP contribution in [0.4, 0.5) is 10.1 Å². The number of carboxylic acid groups (broad SMARTS) is 1. The van der Waals surface area contributed by atoms with Crippen molar-refractivity contribution >= 4 is 35.0 Å². The van der Waals surface area contributed by atoms with Crippen LogP contribution in [-0.2, 0) is 0 Å². The molecule has 1 aromatic heterocycles. The standard InChI is InChI=1S/C15H15FN2O4.ClH/c1-17-2-4-18(5-3-17)11-7-9(16)6-10-12(19)8-13(15(20)21)22-14(10)11;/h6-8H,2-5H2,1H3,(H,20,21);1H. The van der Waals surface area contributed by atoms with Gasteiger partial charge in [-0.1, -0.05) is 0 Å². The van der Waals surface area contributed by atoms with Gasteiger partial charge < -0.3 is 19.3 Å². The molecule has 2 heterocycles. The number of likely N-dealkylation sites (N-methyl/N-ethyl adjacent to an activating group) is 1. The monoisotopic (exact) mass is 342 g/mol. The Balaban J connectivity index is 0.00000192. The minimum Gasteiger partial charge on any atom is -0.475 e. The summed E-state index contributed by atoms with van der Waals surface area (Å²) >= 11 is 0. The van der Waals surface area contributed by atoms with E-state index >= 15 is 0 Å². The summed E-state index contributed by atoms with van der Waals surface area (Å²) in [5.74, 6) is -2.32. The predicted octanol–water partition coefficient (Wildman–Crippen LogP) is 1.80. The molecule has 1 aliphatic rings. The molecule has 2 aromatic rings. The molecule has 0 spiro atoms. The number of benzene rings is 1. The summed E-state index contributed by atoms with van der Waals surface area (Å²) in [6.45, 7) is 2.88. The molecule has 0 radical (unpaired) electrons. The number of anilines is 1. The van der Waals surface area contributed by atoms with Crippen molar-refractivity contribution in [2.24, 2.45) is 0 Å². The largest absolute Gasteiger partial charge is 0.475 e. The van der Waals surface area contributed by atoms with Gasteiger partial charge in [0.2, 0.25) is 5.76 Å². The Morgan fingerprint density at radius 2 is 1.87 bits per heavy atom. The van der Waals surface area contributed by atoms with E-state index in [1.807, 2.05) is 11.9 Å². The van der Waals surface area contributed by atoms with E-state index in [2.05, 4.69) is 4.90 Å². The van der Waals surface area contributed by atoms with E-state index in [0.717, 1.165) is 25.2 Å². The molecular formula is C15H16ClFN2O4. The highest BCUT2D eigenvalue weighted by atomic mass is 35.5. The lowest BCUT2D eigenvalue weighted by molar-refractivity contribution is 0.0663. The summed E-state index contributed by atoms with van der Waals surface area (Å²) in [6.07, 6.45) is 0. The highest BCUT2D eigenvalue weighted by molar-refractivity contribution is 5.92. The first kappa shape index (κ1) is 17.2. The van der Waals surface area contributed by atoms with Crippen LogP contribution >= 0.6 is 12.4 Å². The Kier molecular flexibility index (Phi) is 4.91. The molecule has 124 valence electrons. The molecule has 0 unspecified atom stereocenters. The molecule has 0 aliphatic carbocycles. The van der Waals surface area contributed by atoms with Crippen molar-refractivity contribution in [3.63, 3.8) is 0 Å². The number of hydrogen-bond donors (Lipinski definition) is 1. The molecule has 1 fully saturated rings. The summed E-state index contributed by atoms with van der Waals surface area (Å²) in [6, 6.07) is 3.23. The fraction of sp³-hybridized carbons (Fsp3) is 0.333. The molecule has 0 amide bonds. The summed E-state index contributed by atoms with van der Waals surface area (Å²) in [5.41, 5.74) is -0.0207. The zero-order valence-electron chi connectivity index (χ0n) is 12.4. The number of nitrogens with zero attached hydrogens (tertiary/aromatic N) is 2. The van der Waals surface area contributed by atoms with Crippen LogP contribution in [0.5, 0.6) is 0 Å². The molecule has 1 saturated heterocycles. The Hall–Kier alpha value is -2.12. The number of rotatable bonds is 2. The predicted molar refractivity (Wildman–Crippen MR) is 86.4 cm³/mol. The maximum atomic E-state index is 13.8. The Morgan fingerprint density at radius 3 is 2.48 bits per heavy atom. The lowest BCUT2D eigenvalue weighted by atomic mass is 10.1. The lowest BCUT2D eigenvalue weighted by Gasteiger charge is -2.34. The van der Waals surface area contributed by atoms with E-state index in [-0.39, 0.29) is 23.4 Å². The second-order valence-corrected chi connectivity index (χ2v) is 5.37. The van der Waals surface area contributed by atoms with Crippen LogP contribution in [0.1, 0.15) is 10.6 Å². The van der Waals surface area contributed by atoms with Crippen LogP contribution in [-0.4, -0.2) is 49.2 Å². The Morgan fingerprint density at radius 1 is 1.22 bits per heavy atom. The minimum absolute atomic E-state index is 0. The third kappa shape index (κ3) is 3.30. The van der Waals surface area contributed by atoms with E-state index in [0.29, 0.717) is 18.8 Å². The van der Waals surface area contributed by atoms with E-state index in [4.69, 9.17) is 9.52 Å². The van der Waals surface area contributed by atoms with Gasteiger partial charge in [0.25, 0.3) is 0 Å². The van der Waals surface area contributed by atoms with Gasteiger partial charge in [0.15, 0.2) is 11.0 Å². The van der Waals surface area contributed by atoms with E-state index < -0.39 is 23.0 Å². The van der Waals surface area contributed by atoms with Crippen molar-refractivity contribution in [2.75, 3.05) is 38.1 Å². The average molecular weight is 343 g/mol. The summed E-state index contributed by atoms with van der Waals surface area (Å²) < 4.78 is 19.2. The Labute approximate surface area is 137 Å². The van der Waals surface area contributed by atoms with Crippen LogP contribution in [0.3, 0.4) is 0 Å². The molecule has 6 nitrogen and oxygen atoms in total. The first-order valence-corrected chi connectivity index (χ1v) is 6.90. The summed E-state index contributed by atoms with van der Waals surface area (Å²) in [5, 5.41) is 9.09. The van der Waals surface area contributed by atoms with Gasteiger partial charge in [0.05, 0.1) is 11.1 Å². The van der Waals surface area contributed by atoms with Crippen LogP contribution < -0.4 is 10.3 Å². The van der Waals surface area contributed by atoms with Gasteiger partial charge in [-0.15, -0.1) is 12.4 Å². The highest BCUT2D eigenvalue weighted by Gasteiger charge is 2.21. The van der Waals surface area contributed by atoms with Gasteiger partial charge in [-0.3, -0.25) is 4.79 Å². The molecule has 1 N–H and O–H groups in total. The Bertz CT molecular complexity index is 800. The highest BCUT2D eigenvalue weighted by Crippen LogP contribution is 2.28. The molecule has 1 aliphatic heterocycles. The SMILES string of the molecule is CN1CCN(c2cc(F)cc3c(=O)cc(C(=O)O)oc23)CC1.Cl. The molecule has 0 saturated carbocycles. The molecule has 1 aromatic carbocycles. The number of carboxylic acids is 1. The van der Waals surface area contributed by atoms with Gasteiger partial charge in [0, 0.05) is 38.3 Å². The summed E-state index contributed by atoms with van der Waals surface area (Å²) in [7, 11) is 1.99. The minimum atomic E-state index is -1.33. The van der Waals surface area contributed by atoms with Gasteiger partial charge in [-0.25, -0.2) is 9.18 Å². The molecule has 0 atom stereocenters. The average Bonchev–Trinajstić information content (AvgIpc) is 2.48. The molecular weight excluding hydrogens is 327 g/mol. The van der Waals surface area contributed by atoms with Crippen molar-refractivity contribution in [3.05, 3.63) is 40.0 Å². The number of carbonyl (C=O) groups is 1. The maximum absolute atomic E-state index is 13.8. The van der Waals surface area contributed by atoms with Crippen LogP contribution in [0, 0.1) is 5.82 Å². The fourth-order valence-electron chi connectivity index (χ4n) is 2.59. The second-order valence-electron chi connectivity index (χ2n) is 5.37. The molecule has 8 heteroatoms.